The lowest BCUT2D eigenvalue weighted by molar-refractivity contribution is 0.953. The van der Waals surface area contributed by atoms with Crippen LogP contribution in [0.4, 0.5) is 0 Å². The molecule has 0 nitrogen and oxygen atoms in total. The molecule has 1 heteroatoms. The molecular formula is C6H12B. The van der Waals surface area contributed by atoms with Gasteiger partial charge in [0, 0.05) is 0 Å². The van der Waals surface area contributed by atoms with Crippen molar-refractivity contribution < 1.29 is 0 Å². The SMILES string of the molecule is C=CCCC[B]C. The molecule has 0 unspecified atom stereocenters. The monoisotopic (exact) mass is 95.1 g/mol. The molecule has 0 fully saturated rings. The van der Waals surface area contributed by atoms with Crippen LogP contribution in [0.2, 0.25) is 13.1 Å². The highest BCUT2D eigenvalue weighted by molar-refractivity contribution is 6.33. The van der Waals surface area contributed by atoms with E-state index in [0.29, 0.717) is 0 Å². The zero-order valence-corrected chi connectivity index (χ0v) is 4.98. The second-order valence-electron chi connectivity index (χ2n) is 1.63. The standard InChI is InChI=1S/C6H12B/c1-3-4-5-6-7-2/h3H,1,4-6H2,2H3. The van der Waals surface area contributed by atoms with Gasteiger partial charge in [-0.1, -0.05) is 25.6 Å². The predicted octanol–water partition coefficient (Wildman–Crippen LogP) is 2.12. The summed E-state index contributed by atoms with van der Waals surface area (Å²) < 4.78 is 0. The Morgan fingerprint density at radius 3 is 2.86 bits per heavy atom. The van der Waals surface area contributed by atoms with E-state index in [1.165, 1.54) is 12.7 Å². The van der Waals surface area contributed by atoms with Crippen molar-refractivity contribution in [2.75, 3.05) is 0 Å². The molecule has 0 amide bonds. The van der Waals surface area contributed by atoms with Gasteiger partial charge in [-0.05, 0) is 6.42 Å². The van der Waals surface area contributed by atoms with Gasteiger partial charge in [-0.3, -0.25) is 0 Å². The fourth-order valence-corrected chi connectivity index (χ4v) is 0.466. The van der Waals surface area contributed by atoms with Crippen LogP contribution in [0.5, 0.6) is 0 Å². The van der Waals surface area contributed by atoms with E-state index >= 15 is 0 Å². The predicted molar refractivity (Wildman–Crippen MR) is 35.9 cm³/mol. The van der Waals surface area contributed by atoms with Crippen molar-refractivity contribution in [3.05, 3.63) is 12.7 Å². The molecule has 0 rings (SSSR count). The number of hydrogen-bond acceptors (Lipinski definition) is 0. The fraction of sp³-hybridized carbons (Fsp3) is 0.667. The van der Waals surface area contributed by atoms with E-state index in [-0.39, 0.29) is 0 Å². The Kier molecular flexibility index (Phi) is 5.64. The molecule has 0 aliphatic heterocycles. The van der Waals surface area contributed by atoms with E-state index in [1.54, 1.807) is 0 Å². The van der Waals surface area contributed by atoms with E-state index in [4.69, 9.17) is 0 Å². The maximum absolute atomic E-state index is 3.62. The van der Waals surface area contributed by atoms with E-state index < -0.39 is 0 Å². The number of allylic oxidation sites excluding steroid dienone is 1. The summed E-state index contributed by atoms with van der Waals surface area (Å²) in [4.78, 5) is 0. The zero-order chi connectivity index (χ0) is 5.54. The summed E-state index contributed by atoms with van der Waals surface area (Å²) >= 11 is 0. The van der Waals surface area contributed by atoms with E-state index in [1.807, 2.05) is 6.08 Å². The second kappa shape index (κ2) is 5.80. The van der Waals surface area contributed by atoms with Crippen molar-refractivity contribution in [3.63, 3.8) is 0 Å². The Balaban J connectivity index is 2.56. The Bertz CT molecular complexity index is 41.4. The molecule has 0 aromatic carbocycles. The maximum atomic E-state index is 3.62. The van der Waals surface area contributed by atoms with Crippen molar-refractivity contribution in [1.82, 2.24) is 0 Å². The molecule has 0 aromatic rings. The molecule has 0 bridgehead atoms. The molecule has 0 aliphatic carbocycles. The van der Waals surface area contributed by atoms with Crippen LogP contribution in [0.15, 0.2) is 12.7 Å². The lowest BCUT2D eigenvalue weighted by Crippen LogP contribution is -1.77. The van der Waals surface area contributed by atoms with Crippen LogP contribution in [0.1, 0.15) is 12.8 Å². The Morgan fingerprint density at radius 1 is 1.71 bits per heavy atom. The molecule has 0 heterocycles. The molecule has 39 valence electrons. The van der Waals surface area contributed by atoms with Gasteiger partial charge in [-0.15, -0.1) is 6.58 Å². The average Bonchev–Trinajstić information content (AvgIpc) is 1.69. The van der Waals surface area contributed by atoms with E-state index in [2.05, 4.69) is 20.7 Å². The Hall–Kier alpha value is -0.195. The lowest BCUT2D eigenvalue weighted by atomic mass is 9.76. The summed E-state index contributed by atoms with van der Waals surface area (Å²) in [6.45, 7) is 5.70. The minimum Gasteiger partial charge on any atom is -0.103 e. The molecule has 0 saturated carbocycles. The summed E-state index contributed by atoms with van der Waals surface area (Å²) in [5, 5.41) is 0. The van der Waals surface area contributed by atoms with Crippen molar-refractivity contribution >= 4 is 7.28 Å². The van der Waals surface area contributed by atoms with Gasteiger partial charge in [0.15, 0.2) is 0 Å². The van der Waals surface area contributed by atoms with Crippen LogP contribution in [-0.2, 0) is 0 Å². The summed E-state index contributed by atoms with van der Waals surface area (Å²) in [7, 11) is 2.18. The first-order valence-electron chi connectivity index (χ1n) is 2.80. The van der Waals surface area contributed by atoms with Gasteiger partial charge in [0.2, 0.25) is 0 Å². The maximum Gasteiger partial charge on any atom is 0.105 e. The Morgan fingerprint density at radius 2 is 2.43 bits per heavy atom. The number of unbranched alkanes of at least 4 members (excludes halogenated alkanes) is 1. The van der Waals surface area contributed by atoms with Crippen LogP contribution in [-0.4, -0.2) is 7.28 Å². The van der Waals surface area contributed by atoms with Crippen LogP contribution in [0, 0.1) is 0 Å². The van der Waals surface area contributed by atoms with Crippen molar-refractivity contribution in [3.8, 4) is 0 Å². The minimum atomic E-state index is 1.16. The van der Waals surface area contributed by atoms with Gasteiger partial charge in [-0.2, -0.15) is 0 Å². The highest BCUT2D eigenvalue weighted by Crippen LogP contribution is 1.93. The topological polar surface area (TPSA) is 0 Å². The summed E-state index contributed by atoms with van der Waals surface area (Å²) in [5.74, 6) is 0. The van der Waals surface area contributed by atoms with Gasteiger partial charge >= 0.3 is 0 Å². The molecule has 0 spiro atoms. The molecule has 0 N–H and O–H groups in total. The zero-order valence-electron chi connectivity index (χ0n) is 4.98. The summed E-state index contributed by atoms with van der Waals surface area (Å²) in [5.41, 5.74) is 0. The van der Waals surface area contributed by atoms with Gasteiger partial charge < -0.3 is 0 Å². The second-order valence-corrected chi connectivity index (χ2v) is 1.63. The number of rotatable bonds is 4. The average molecular weight is 95.0 g/mol. The normalized spacial score (nSPS) is 8.14. The first-order valence-corrected chi connectivity index (χ1v) is 2.80. The summed E-state index contributed by atoms with van der Waals surface area (Å²) in [6, 6.07) is 0. The lowest BCUT2D eigenvalue weighted by Gasteiger charge is -1.86. The molecular weight excluding hydrogens is 82.9 g/mol. The summed E-state index contributed by atoms with van der Waals surface area (Å²) in [6.07, 6.45) is 5.61. The van der Waals surface area contributed by atoms with Crippen LogP contribution in [0.3, 0.4) is 0 Å². The third kappa shape index (κ3) is 5.80. The first-order chi connectivity index (χ1) is 3.41. The molecule has 0 atom stereocenters. The first kappa shape index (κ1) is 6.80. The third-order valence-corrected chi connectivity index (χ3v) is 0.901. The Labute approximate surface area is 46.9 Å². The molecule has 1 radical (unpaired) electrons. The van der Waals surface area contributed by atoms with Crippen molar-refractivity contribution in [2.45, 2.75) is 26.0 Å². The third-order valence-electron chi connectivity index (χ3n) is 0.901. The molecule has 0 aromatic heterocycles. The molecule has 0 saturated heterocycles. The highest BCUT2D eigenvalue weighted by Gasteiger charge is 1.79. The number of hydrogen-bond donors (Lipinski definition) is 0. The van der Waals surface area contributed by atoms with Crippen LogP contribution >= 0.6 is 0 Å². The quantitative estimate of drug-likeness (QED) is 0.285. The van der Waals surface area contributed by atoms with Gasteiger partial charge in [0.1, 0.15) is 7.28 Å². The van der Waals surface area contributed by atoms with Crippen LogP contribution < -0.4 is 0 Å². The minimum absolute atomic E-state index is 1.16. The van der Waals surface area contributed by atoms with Gasteiger partial charge in [-0.25, -0.2) is 0 Å². The van der Waals surface area contributed by atoms with Crippen molar-refractivity contribution in [2.24, 2.45) is 0 Å². The van der Waals surface area contributed by atoms with Gasteiger partial charge in [0.05, 0.1) is 0 Å². The molecule has 7 heavy (non-hydrogen) atoms. The fourth-order valence-electron chi connectivity index (χ4n) is 0.466. The van der Waals surface area contributed by atoms with Crippen LogP contribution in [0.25, 0.3) is 0 Å². The molecule has 0 aliphatic rings. The largest absolute Gasteiger partial charge is 0.105 e. The van der Waals surface area contributed by atoms with E-state index in [9.17, 15) is 0 Å². The highest BCUT2D eigenvalue weighted by atomic mass is 13.7. The van der Waals surface area contributed by atoms with E-state index in [0.717, 1.165) is 6.42 Å². The van der Waals surface area contributed by atoms with Gasteiger partial charge in [0.25, 0.3) is 0 Å². The van der Waals surface area contributed by atoms with Crippen molar-refractivity contribution in [1.29, 1.82) is 0 Å². The smallest absolute Gasteiger partial charge is 0.103 e.